The molecule has 0 aliphatic heterocycles. The van der Waals surface area contributed by atoms with Crippen molar-refractivity contribution in [2.45, 2.75) is 39.0 Å². The third-order valence-corrected chi connectivity index (χ3v) is 3.55. The van der Waals surface area contributed by atoms with Gasteiger partial charge in [-0.25, -0.2) is 0 Å². The highest BCUT2D eigenvalue weighted by atomic mass is 35.5. The molecule has 0 radical (unpaired) electrons. The highest BCUT2D eigenvalue weighted by Crippen LogP contribution is 2.25. The zero-order valence-corrected chi connectivity index (χ0v) is 12.4. The van der Waals surface area contributed by atoms with Crippen molar-refractivity contribution in [3.05, 3.63) is 58.6 Å². The number of pyridine rings is 2. The van der Waals surface area contributed by atoms with Crippen LogP contribution in [0.2, 0.25) is 5.02 Å². The summed E-state index contributed by atoms with van der Waals surface area (Å²) in [7, 11) is 0. The Hall–Kier alpha value is -1.41. The molecule has 2 nitrogen and oxygen atoms in total. The maximum atomic E-state index is 6.19. The topological polar surface area (TPSA) is 25.8 Å². The molecule has 0 aliphatic carbocycles. The van der Waals surface area contributed by atoms with E-state index >= 15 is 0 Å². The fourth-order valence-corrected chi connectivity index (χ4v) is 2.46. The van der Waals surface area contributed by atoms with E-state index in [1.807, 2.05) is 18.3 Å². The van der Waals surface area contributed by atoms with Crippen LogP contribution in [0.4, 0.5) is 0 Å². The molecule has 1 atom stereocenters. The van der Waals surface area contributed by atoms with Crippen LogP contribution in [0, 0.1) is 0 Å². The largest absolute Gasteiger partial charge is 0.261 e. The summed E-state index contributed by atoms with van der Waals surface area (Å²) in [6, 6.07) is 8.01. The van der Waals surface area contributed by atoms with Crippen LogP contribution >= 0.6 is 11.6 Å². The van der Waals surface area contributed by atoms with E-state index in [0.717, 1.165) is 22.8 Å². The first-order valence-corrected chi connectivity index (χ1v) is 7.01. The molecule has 0 spiro atoms. The number of hydrogen-bond acceptors (Lipinski definition) is 2. The molecule has 0 aliphatic rings. The highest BCUT2D eigenvalue weighted by molar-refractivity contribution is 6.31. The number of hydrogen-bond donors (Lipinski definition) is 0. The zero-order chi connectivity index (χ0) is 13.8. The van der Waals surface area contributed by atoms with Gasteiger partial charge in [-0.3, -0.25) is 9.97 Å². The first kappa shape index (κ1) is 14.0. The van der Waals surface area contributed by atoms with Gasteiger partial charge >= 0.3 is 0 Å². The molecule has 0 amide bonds. The summed E-state index contributed by atoms with van der Waals surface area (Å²) >= 11 is 6.19. The third-order valence-electron chi connectivity index (χ3n) is 3.23. The van der Waals surface area contributed by atoms with Gasteiger partial charge in [0.15, 0.2) is 0 Å². The van der Waals surface area contributed by atoms with Crippen molar-refractivity contribution in [1.29, 1.82) is 0 Å². The smallest absolute Gasteiger partial charge is 0.0624 e. The maximum absolute atomic E-state index is 6.19. The van der Waals surface area contributed by atoms with Crippen molar-refractivity contribution < 1.29 is 0 Å². The van der Waals surface area contributed by atoms with E-state index in [1.165, 1.54) is 5.56 Å². The molecule has 2 rings (SSSR count). The van der Waals surface area contributed by atoms with E-state index < -0.39 is 0 Å². The van der Waals surface area contributed by atoms with Crippen LogP contribution in [0.15, 0.2) is 36.7 Å². The van der Waals surface area contributed by atoms with Crippen LogP contribution in [-0.4, -0.2) is 9.97 Å². The highest BCUT2D eigenvalue weighted by Gasteiger charge is 2.12. The summed E-state index contributed by atoms with van der Waals surface area (Å²) in [6.07, 6.45) is 4.61. The van der Waals surface area contributed by atoms with Crippen molar-refractivity contribution in [1.82, 2.24) is 9.97 Å². The lowest BCUT2D eigenvalue weighted by Crippen LogP contribution is -2.03. The molecule has 2 aromatic heterocycles. The van der Waals surface area contributed by atoms with Gasteiger partial charge in [0.2, 0.25) is 0 Å². The quantitative estimate of drug-likeness (QED) is 0.814. The first-order valence-electron chi connectivity index (χ1n) is 6.63. The lowest BCUT2D eigenvalue weighted by Gasteiger charge is -2.13. The Bertz CT molecular complexity index is 552. The Labute approximate surface area is 119 Å². The molecule has 2 aromatic rings. The minimum Gasteiger partial charge on any atom is -0.261 e. The molecule has 0 bridgehead atoms. The van der Waals surface area contributed by atoms with Gasteiger partial charge in [-0.15, -0.1) is 0 Å². The molecule has 1 unspecified atom stereocenters. The van der Waals surface area contributed by atoms with Gasteiger partial charge in [-0.1, -0.05) is 32.4 Å². The summed E-state index contributed by atoms with van der Waals surface area (Å²) in [5.41, 5.74) is 3.39. The van der Waals surface area contributed by atoms with E-state index in [1.54, 1.807) is 6.20 Å². The number of nitrogens with zero attached hydrogens (tertiary/aromatic N) is 2. The van der Waals surface area contributed by atoms with Gasteiger partial charge in [0.05, 0.1) is 10.7 Å². The van der Waals surface area contributed by atoms with Gasteiger partial charge in [0.25, 0.3) is 0 Å². The molecule has 0 saturated carbocycles. The number of rotatable bonds is 4. The van der Waals surface area contributed by atoms with Gasteiger partial charge in [-0.05, 0) is 42.2 Å². The SMILES string of the molecule is CC(C)c1cc(CC(C)c2ncccc2Cl)ccn1. The van der Waals surface area contributed by atoms with Gasteiger partial charge in [0, 0.05) is 24.0 Å². The van der Waals surface area contributed by atoms with Crippen molar-refractivity contribution >= 4 is 11.6 Å². The average Bonchev–Trinajstić information content (AvgIpc) is 2.39. The predicted molar refractivity (Wildman–Crippen MR) is 79.7 cm³/mol. The Morgan fingerprint density at radius 2 is 1.89 bits per heavy atom. The standard InChI is InChI=1S/C16H19ClN2/c1-11(2)15-10-13(6-8-18-15)9-12(3)16-14(17)5-4-7-19-16/h4-8,10-12H,9H2,1-3H3. The molecular formula is C16H19ClN2. The molecule has 0 saturated heterocycles. The monoisotopic (exact) mass is 274 g/mol. The second kappa shape index (κ2) is 6.16. The van der Waals surface area contributed by atoms with E-state index in [9.17, 15) is 0 Å². The minimum atomic E-state index is 0.302. The normalized spacial score (nSPS) is 12.7. The van der Waals surface area contributed by atoms with E-state index in [0.29, 0.717) is 11.8 Å². The first-order chi connectivity index (χ1) is 9.08. The number of aromatic nitrogens is 2. The van der Waals surface area contributed by atoms with Crippen molar-refractivity contribution in [2.75, 3.05) is 0 Å². The van der Waals surface area contributed by atoms with Crippen LogP contribution in [0.1, 0.15) is 49.6 Å². The maximum Gasteiger partial charge on any atom is 0.0624 e. The Morgan fingerprint density at radius 3 is 2.58 bits per heavy atom. The second-order valence-electron chi connectivity index (χ2n) is 5.22. The molecule has 19 heavy (non-hydrogen) atoms. The van der Waals surface area contributed by atoms with Crippen molar-refractivity contribution in [3.8, 4) is 0 Å². The molecule has 100 valence electrons. The summed E-state index contributed by atoms with van der Waals surface area (Å²) in [6.45, 7) is 6.47. The predicted octanol–water partition coefficient (Wildman–Crippen LogP) is 4.60. The Kier molecular flexibility index (Phi) is 4.54. The van der Waals surface area contributed by atoms with Crippen LogP contribution < -0.4 is 0 Å². The van der Waals surface area contributed by atoms with Gasteiger partial charge < -0.3 is 0 Å². The van der Waals surface area contributed by atoms with E-state index in [-0.39, 0.29) is 0 Å². The van der Waals surface area contributed by atoms with Crippen molar-refractivity contribution in [3.63, 3.8) is 0 Å². The van der Waals surface area contributed by atoms with Gasteiger partial charge in [-0.2, -0.15) is 0 Å². The van der Waals surface area contributed by atoms with E-state index in [4.69, 9.17) is 11.6 Å². The molecule has 0 fully saturated rings. The Balaban J connectivity index is 2.17. The Morgan fingerprint density at radius 1 is 1.11 bits per heavy atom. The van der Waals surface area contributed by atoms with Crippen LogP contribution in [0.5, 0.6) is 0 Å². The molecule has 2 heterocycles. The summed E-state index contributed by atoms with van der Waals surface area (Å²) in [4.78, 5) is 8.78. The molecule has 3 heteroatoms. The third kappa shape index (κ3) is 3.54. The summed E-state index contributed by atoms with van der Waals surface area (Å²) in [5.74, 6) is 0.754. The van der Waals surface area contributed by atoms with Gasteiger partial charge in [0.1, 0.15) is 0 Å². The molecule has 0 N–H and O–H groups in total. The van der Waals surface area contributed by atoms with Crippen LogP contribution in [-0.2, 0) is 6.42 Å². The molecular weight excluding hydrogens is 256 g/mol. The van der Waals surface area contributed by atoms with E-state index in [2.05, 4.69) is 42.9 Å². The minimum absolute atomic E-state index is 0.302. The lowest BCUT2D eigenvalue weighted by atomic mass is 9.96. The fraction of sp³-hybridized carbons (Fsp3) is 0.375. The summed E-state index contributed by atoms with van der Waals surface area (Å²) in [5, 5.41) is 0.744. The van der Waals surface area contributed by atoms with Crippen molar-refractivity contribution in [2.24, 2.45) is 0 Å². The fourth-order valence-electron chi connectivity index (χ4n) is 2.15. The lowest BCUT2D eigenvalue weighted by molar-refractivity contribution is 0.725. The average molecular weight is 275 g/mol. The number of halogens is 1. The van der Waals surface area contributed by atoms with Crippen LogP contribution in [0.3, 0.4) is 0 Å². The summed E-state index contributed by atoms with van der Waals surface area (Å²) < 4.78 is 0. The molecule has 0 aromatic carbocycles. The van der Waals surface area contributed by atoms with Crippen LogP contribution in [0.25, 0.3) is 0 Å². The zero-order valence-electron chi connectivity index (χ0n) is 11.6. The second-order valence-corrected chi connectivity index (χ2v) is 5.63.